The normalized spacial score (nSPS) is 22.4. The summed E-state index contributed by atoms with van der Waals surface area (Å²) in [4.78, 5) is 0. The molecule has 0 saturated carbocycles. The van der Waals surface area contributed by atoms with Crippen LogP contribution in [0.4, 0.5) is 0 Å². The Morgan fingerprint density at radius 3 is 2.30 bits per heavy atom. The molecular formula is C13H19N2O3PS. The Bertz CT molecular complexity index is 502. The maximum atomic E-state index is 12.9. The van der Waals surface area contributed by atoms with Gasteiger partial charge in [-0.05, 0) is 31.6 Å². The first-order chi connectivity index (χ1) is 9.60. The SMILES string of the molecule is CCOP(=O)(OCC)[C@H]1NC(=S)N[C@@H]1c1ccccc1. The molecule has 0 radical (unpaired) electrons. The lowest BCUT2D eigenvalue weighted by Crippen LogP contribution is -2.29. The average Bonchev–Trinajstić information content (AvgIpc) is 2.83. The van der Waals surface area contributed by atoms with E-state index in [4.69, 9.17) is 21.3 Å². The molecule has 20 heavy (non-hydrogen) atoms. The van der Waals surface area contributed by atoms with Crippen molar-refractivity contribution >= 4 is 24.9 Å². The lowest BCUT2D eigenvalue weighted by molar-refractivity contribution is 0.207. The minimum atomic E-state index is -3.29. The molecule has 1 aromatic rings. The predicted molar refractivity (Wildman–Crippen MR) is 82.7 cm³/mol. The maximum Gasteiger partial charge on any atom is 0.355 e. The van der Waals surface area contributed by atoms with E-state index in [0.29, 0.717) is 18.3 Å². The van der Waals surface area contributed by atoms with Crippen LogP contribution in [0.1, 0.15) is 25.5 Å². The van der Waals surface area contributed by atoms with Gasteiger partial charge in [-0.25, -0.2) is 0 Å². The van der Waals surface area contributed by atoms with E-state index in [1.54, 1.807) is 13.8 Å². The summed E-state index contributed by atoms with van der Waals surface area (Å²) in [6.07, 6.45) is 0. The zero-order chi connectivity index (χ0) is 14.6. The molecule has 1 fully saturated rings. The molecule has 0 amide bonds. The third kappa shape index (κ3) is 3.20. The van der Waals surface area contributed by atoms with E-state index in [9.17, 15) is 4.57 Å². The molecular weight excluding hydrogens is 295 g/mol. The monoisotopic (exact) mass is 314 g/mol. The Morgan fingerprint density at radius 1 is 1.15 bits per heavy atom. The van der Waals surface area contributed by atoms with Crippen LogP contribution in [0.2, 0.25) is 0 Å². The summed E-state index contributed by atoms with van der Waals surface area (Å²) in [5.74, 6) is -0.516. The molecule has 0 aliphatic carbocycles. The largest absolute Gasteiger partial charge is 0.355 e. The number of thiocarbonyl (C=S) groups is 1. The molecule has 2 rings (SSSR count). The van der Waals surface area contributed by atoms with Crippen LogP contribution in [0.5, 0.6) is 0 Å². The highest BCUT2D eigenvalue weighted by Crippen LogP contribution is 2.56. The third-order valence-corrected chi connectivity index (χ3v) is 5.58. The second-order valence-corrected chi connectivity index (χ2v) is 6.89. The van der Waals surface area contributed by atoms with Crippen LogP contribution in [0, 0.1) is 0 Å². The molecule has 5 nitrogen and oxygen atoms in total. The Balaban J connectivity index is 2.32. The van der Waals surface area contributed by atoms with Crippen molar-refractivity contribution < 1.29 is 13.6 Å². The molecule has 110 valence electrons. The Labute approximate surface area is 124 Å². The molecule has 2 N–H and O–H groups in total. The van der Waals surface area contributed by atoms with E-state index >= 15 is 0 Å². The van der Waals surface area contributed by atoms with Gasteiger partial charge in [0, 0.05) is 0 Å². The van der Waals surface area contributed by atoms with Gasteiger partial charge in [0.1, 0.15) is 0 Å². The molecule has 1 heterocycles. The topological polar surface area (TPSA) is 59.6 Å². The van der Waals surface area contributed by atoms with Gasteiger partial charge in [0.2, 0.25) is 0 Å². The van der Waals surface area contributed by atoms with Crippen LogP contribution in [0.25, 0.3) is 0 Å². The van der Waals surface area contributed by atoms with E-state index in [0.717, 1.165) is 5.56 Å². The second-order valence-electron chi connectivity index (χ2n) is 4.33. The summed E-state index contributed by atoms with van der Waals surface area (Å²) >= 11 is 5.16. The third-order valence-electron chi connectivity index (χ3n) is 3.00. The van der Waals surface area contributed by atoms with E-state index in [1.807, 2.05) is 30.3 Å². The highest BCUT2D eigenvalue weighted by atomic mass is 32.1. The molecule has 0 unspecified atom stereocenters. The Morgan fingerprint density at radius 2 is 1.75 bits per heavy atom. The molecule has 1 aliphatic rings. The highest BCUT2D eigenvalue weighted by Gasteiger charge is 2.46. The fraction of sp³-hybridized carbons (Fsp3) is 0.462. The van der Waals surface area contributed by atoms with Gasteiger partial charge in [0.05, 0.1) is 19.3 Å². The van der Waals surface area contributed by atoms with Gasteiger partial charge in [-0.15, -0.1) is 0 Å². The van der Waals surface area contributed by atoms with Crippen molar-refractivity contribution in [2.24, 2.45) is 0 Å². The first kappa shape index (κ1) is 15.4. The van der Waals surface area contributed by atoms with Gasteiger partial charge in [-0.2, -0.15) is 0 Å². The van der Waals surface area contributed by atoms with E-state index in [1.165, 1.54) is 0 Å². The van der Waals surface area contributed by atoms with Gasteiger partial charge in [0.15, 0.2) is 10.9 Å². The van der Waals surface area contributed by atoms with Crippen molar-refractivity contribution in [3.63, 3.8) is 0 Å². The quantitative estimate of drug-likeness (QED) is 0.622. The van der Waals surface area contributed by atoms with Gasteiger partial charge in [-0.1, -0.05) is 30.3 Å². The first-order valence-electron chi connectivity index (χ1n) is 6.61. The minimum absolute atomic E-state index is 0.229. The summed E-state index contributed by atoms with van der Waals surface area (Å²) in [5, 5.41) is 6.61. The molecule has 1 aliphatic heterocycles. The number of hydrogen-bond donors (Lipinski definition) is 2. The summed E-state index contributed by atoms with van der Waals surface area (Å²) < 4.78 is 23.8. The molecule has 0 aromatic heterocycles. The second kappa shape index (κ2) is 6.68. The Hall–Kier alpha value is -0.940. The lowest BCUT2D eigenvalue weighted by atomic mass is 10.1. The average molecular weight is 314 g/mol. The van der Waals surface area contributed by atoms with E-state index in [2.05, 4.69) is 10.6 Å². The summed E-state index contributed by atoms with van der Waals surface area (Å²) in [6, 6.07) is 9.49. The smallest absolute Gasteiger partial charge is 0.353 e. The number of rotatable bonds is 6. The van der Waals surface area contributed by atoms with Gasteiger partial charge >= 0.3 is 7.60 Å². The van der Waals surface area contributed by atoms with Crippen LogP contribution in [-0.2, 0) is 13.6 Å². The van der Waals surface area contributed by atoms with E-state index < -0.39 is 13.4 Å². The number of hydrogen-bond acceptors (Lipinski definition) is 4. The number of benzene rings is 1. The molecule has 0 bridgehead atoms. The first-order valence-corrected chi connectivity index (χ1v) is 8.63. The molecule has 0 spiro atoms. The zero-order valence-electron chi connectivity index (χ0n) is 11.5. The van der Waals surface area contributed by atoms with Crippen LogP contribution >= 0.6 is 19.8 Å². The maximum absolute atomic E-state index is 12.9. The number of nitrogens with one attached hydrogen (secondary N) is 2. The highest BCUT2D eigenvalue weighted by molar-refractivity contribution is 7.80. The summed E-state index contributed by atoms with van der Waals surface area (Å²) in [5.41, 5.74) is 0.990. The standard InChI is InChI=1S/C13H19N2O3PS/c1-3-17-19(16,18-4-2)12-11(14-13(20)15-12)10-8-6-5-7-9-10/h5-9,11-12H,3-4H2,1-2H3,(H2,14,15,20)/t11-,12-/m1/s1. The van der Waals surface area contributed by atoms with E-state index in [-0.39, 0.29) is 6.04 Å². The lowest BCUT2D eigenvalue weighted by Gasteiger charge is -2.26. The zero-order valence-corrected chi connectivity index (χ0v) is 13.2. The van der Waals surface area contributed by atoms with Crippen molar-refractivity contribution in [1.82, 2.24) is 10.6 Å². The van der Waals surface area contributed by atoms with Crippen LogP contribution < -0.4 is 10.6 Å². The van der Waals surface area contributed by atoms with Crippen molar-refractivity contribution in [3.8, 4) is 0 Å². The summed E-state index contributed by atoms with van der Waals surface area (Å²) in [7, 11) is -3.29. The van der Waals surface area contributed by atoms with Gasteiger partial charge < -0.3 is 19.7 Å². The van der Waals surface area contributed by atoms with Crippen molar-refractivity contribution in [2.45, 2.75) is 25.7 Å². The fourth-order valence-corrected chi connectivity index (χ4v) is 4.58. The van der Waals surface area contributed by atoms with Gasteiger partial charge in [-0.3, -0.25) is 4.57 Å². The van der Waals surface area contributed by atoms with Crippen molar-refractivity contribution in [2.75, 3.05) is 13.2 Å². The molecule has 1 saturated heterocycles. The van der Waals surface area contributed by atoms with Crippen molar-refractivity contribution in [3.05, 3.63) is 35.9 Å². The van der Waals surface area contributed by atoms with Crippen LogP contribution in [-0.4, -0.2) is 24.1 Å². The Kier molecular flexibility index (Phi) is 5.16. The van der Waals surface area contributed by atoms with Crippen LogP contribution in [0.15, 0.2) is 30.3 Å². The molecule has 2 atom stereocenters. The fourth-order valence-electron chi connectivity index (χ4n) is 2.22. The van der Waals surface area contributed by atoms with Crippen LogP contribution in [0.3, 0.4) is 0 Å². The molecule has 1 aromatic carbocycles. The molecule has 7 heteroatoms. The van der Waals surface area contributed by atoms with Crippen molar-refractivity contribution in [1.29, 1.82) is 0 Å². The summed E-state index contributed by atoms with van der Waals surface area (Å²) in [6.45, 7) is 4.24. The minimum Gasteiger partial charge on any atom is -0.353 e. The van der Waals surface area contributed by atoms with Gasteiger partial charge in [0.25, 0.3) is 0 Å². The predicted octanol–water partition coefficient (Wildman–Crippen LogP) is 2.80.